The molecule has 0 fully saturated rings. The van der Waals surface area contributed by atoms with Gasteiger partial charge in [0.15, 0.2) is 0 Å². The summed E-state index contributed by atoms with van der Waals surface area (Å²) in [5.41, 5.74) is 0.0130. The van der Waals surface area contributed by atoms with Crippen LogP contribution in [0, 0.1) is 11.7 Å². The van der Waals surface area contributed by atoms with Gasteiger partial charge in [-0.25, -0.2) is 4.39 Å². The Hall–Kier alpha value is -2.12. The number of aliphatic hydroxyl groups is 1. The zero-order chi connectivity index (χ0) is 20.0. The summed E-state index contributed by atoms with van der Waals surface area (Å²) in [4.78, 5) is 0. The van der Waals surface area contributed by atoms with Crippen LogP contribution in [0.5, 0.6) is 5.75 Å². The lowest BCUT2D eigenvalue weighted by molar-refractivity contribution is -0.137. The molecule has 0 saturated heterocycles. The summed E-state index contributed by atoms with van der Waals surface area (Å²) in [7, 11) is 0. The third kappa shape index (κ3) is 6.22. The molecular formula is C20H23F4NO2. The predicted octanol–water partition coefficient (Wildman–Crippen LogP) is 4.53. The molecule has 1 unspecified atom stereocenters. The molecule has 0 aliphatic carbocycles. The van der Waals surface area contributed by atoms with Crippen LogP contribution in [0.25, 0.3) is 0 Å². The highest BCUT2D eigenvalue weighted by atomic mass is 19.4. The molecule has 0 aromatic heterocycles. The van der Waals surface area contributed by atoms with E-state index >= 15 is 0 Å². The second kappa shape index (κ2) is 9.19. The zero-order valence-corrected chi connectivity index (χ0v) is 15.2. The van der Waals surface area contributed by atoms with Gasteiger partial charge in [-0.3, -0.25) is 0 Å². The highest BCUT2D eigenvalue weighted by molar-refractivity contribution is 5.30. The quantitative estimate of drug-likeness (QED) is 0.656. The largest absolute Gasteiger partial charge is 0.489 e. The average Bonchev–Trinajstić information content (AvgIpc) is 2.61. The Kier molecular flexibility index (Phi) is 7.21. The minimum atomic E-state index is -4.42. The van der Waals surface area contributed by atoms with Crippen molar-refractivity contribution in [2.24, 2.45) is 5.92 Å². The molecule has 1 atom stereocenters. The fourth-order valence-electron chi connectivity index (χ4n) is 2.52. The summed E-state index contributed by atoms with van der Waals surface area (Å²) >= 11 is 0. The first-order chi connectivity index (χ1) is 12.7. The topological polar surface area (TPSA) is 41.5 Å². The first-order valence-corrected chi connectivity index (χ1v) is 8.62. The van der Waals surface area contributed by atoms with Gasteiger partial charge in [-0.2, -0.15) is 13.2 Å². The lowest BCUT2D eigenvalue weighted by Gasteiger charge is -2.20. The van der Waals surface area contributed by atoms with Gasteiger partial charge in [-0.1, -0.05) is 32.0 Å². The van der Waals surface area contributed by atoms with Gasteiger partial charge < -0.3 is 15.2 Å². The van der Waals surface area contributed by atoms with Crippen LogP contribution in [0.2, 0.25) is 0 Å². The number of rotatable bonds is 8. The maximum absolute atomic E-state index is 14.2. The van der Waals surface area contributed by atoms with E-state index in [1.165, 1.54) is 18.2 Å². The molecule has 2 N–H and O–H groups in total. The first kappa shape index (κ1) is 21.2. The van der Waals surface area contributed by atoms with E-state index < -0.39 is 17.6 Å². The van der Waals surface area contributed by atoms with Crippen LogP contribution < -0.4 is 10.1 Å². The van der Waals surface area contributed by atoms with Gasteiger partial charge >= 0.3 is 6.18 Å². The second-order valence-corrected chi connectivity index (χ2v) is 6.65. The van der Waals surface area contributed by atoms with E-state index in [9.17, 15) is 22.7 Å². The minimum absolute atomic E-state index is 0.0442. The average molecular weight is 385 g/mol. The minimum Gasteiger partial charge on any atom is -0.489 e. The zero-order valence-electron chi connectivity index (χ0n) is 15.2. The predicted molar refractivity (Wildman–Crippen MR) is 94.7 cm³/mol. The summed E-state index contributed by atoms with van der Waals surface area (Å²) in [6.07, 6.45) is -4.42. The Labute approximate surface area is 156 Å². The molecule has 27 heavy (non-hydrogen) atoms. The van der Waals surface area contributed by atoms with Crippen molar-refractivity contribution in [3.05, 3.63) is 65.0 Å². The number of nitrogens with one attached hydrogen (secondary N) is 1. The van der Waals surface area contributed by atoms with E-state index in [1.54, 1.807) is 12.1 Å². The molecule has 3 nitrogen and oxygen atoms in total. The van der Waals surface area contributed by atoms with Crippen molar-refractivity contribution in [2.45, 2.75) is 39.2 Å². The van der Waals surface area contributed by atoms with Gasteiger partial charge in [0.25, 0.3) is 0 Å². The van der Waals surface area contributed by atoms with Gasteiger partial charge in [0.1, 0.15) is 18.2 Å². The SMILES string of the molecule is CC(C)C(CO)NCc1ccc(OCc2cccc(C(F)(F)F)c2)cc1F. The van der Waals surface area contributed by atoms with Crippen LogP contribution in [0.4, 0.5) is 17.6 Å². The monoisotopic (exact) mass is 385 g/mol. The lowest BCUT2D eigenvalue weighted by atomic mass is 10.0. The number of hydrogen-bond donors (Lipinski definition) is 2. The van der Waals surface area contributed by atoms with Crippen molar-refractivity contribution >= 4 is 0 Å². The number of ether oxygens (including phenoxy) is 1. The third-order valence-corrected chi connectivity index (χ3v) is 4.24. The number of hydrogen-bond acceptors (Lipinski definition) is 3. The van der Waals surface area contributed by atoms with Crippen molar-refractivity contribution < 1.29 is 27.4 Å². The second-order valence-electron chi connectivity index (χ2n) is 6.65. The van der Waals surface area contributed by atoms with Crippen molar-refractivity contribution in [1.82, 2.24) is 5.32 Å². The molecule has 2 aromatic rings. The molecular weight excluding hydrogens is 362 g/mol. The van der Waals surface area contributed by atoms with Crippen LogP contribution >= 0.6 is 0 Å². The molecule has 0 aliphatic rings. The van der Waals surface area contributed by atoms with Gasteiger partial charge in [0.2, 0.25) is 0 Å². The number of alkyl halides is 3. The highest BCUT2D eigenvalue weighted by Crippen LogP contribution is 2.29. The summed E-state index contributed by atoms with van der Waals surface area (Å²) in [6.45, 7) is 4.02. The maximum atomic E-state index is 14.2. The van der Waals surface area contributed by atoms with Crippen molar-refractivity contribution in [3.8, 4) is 5.75 Å². The van der Waals surface area contributed by atoms with E-state index in [0.717, 1.165) is 12.1 Å². The highest BCUT2D eigenvalue weighted by Gasteiger charge is 2.30. The van der Waals surface area contributed by atoms with Gasteiger partial charge in [0.05, 0.1) is 12.2 Å². The summed E-state index contributed by atoms with van der Waals surface area (Å²) in [5.74, 6) is -0.0474. The summed E-state index contributed by atoms with van der Waals surface area (Å²) in [6, 6.07) is 9.01. The summed E-state index contributed by atoms with van der Waals surface area (Å²) in [5, 5.41) is 12.4. The van der Waals surface area contributed by atoms with E-state index in [1.807, 2.05) is 13.8 Å². The molecule has 0 aliphatic heterocycles. The molecule has 7 heteroatoms. The number of benzene rings is 2. The van der Waals surface area contributed by atoms with Crippen LogP contribution in [0.1, 0.15) is 30.5 Å². The smallest absolute Gasteiger partial charge is 0.416 e. The maximum Gasteiger partial charge on any atom is 0.416 e. The van der Waals surface area contributed by atoms with Gasteiger partial charge in [0, 0.05) is 24.2 Å². The Morgan fingerprint density at radius 3 is 2.44 bits per heavy atom. The molecule has 0 spiro atoms. The fraction of sp³-hybridized carbons (Fsp3) is 0.400. The molecule has 0 bridgehead atoms. The Balaban J connectivity index is 1.98. The number of halogens is 4. The Bertz CT molecular complexity index is 747. The van der Waals surface area contributed by atoms with Crippen molar-refractivity contribution in [3.63, 3.8) is 0 Å². The molecule has 2 aromatic carbocycles. The van der Waals surface area contributed by atoms with Crippen LogP contribution in [0.15, 0.2) is 42.5 Å². The molecule has 0 heterocycles. The van der Waals surface area contributed by atoms with Crippen molar-refractivity contribution in [1.29, 1.82) is 0 Å². The normalized spacial score (nSPS) is 13.0. The number of aliphatic hydroxyl groups excluding tert-OH is 1. The molecule has 0 radical (unpaired) electrons. The molecule has 2 rings (SSSR count). The molecule has 0 saturated carbocycles. The van der Waals surface area contributed by atoms with E-state index in [4.69, 9.17) is 4.74 Å². The van der Waals surface area contributed by atoms with E-state index in [-0.39, 0.29) is 37.5 Å². The molecule has 0 amide bonds. The van der Waals surface area contributed by atoms with Gasteiger partial charge in [-0.15, -0.1) is 0 Å². The van der Waals surface area contributed by atoms with E-state index in [2.05, 4.69) is 5.32 Å². The standard InChI is InChI=1S/C20H23F4NO2/c1-13(2)19(11-26)25-10-15-6-7-17(9-18(15)21)27-12-14-4-3-5-16(8-14)20(22,23)24/h3-9,13,19,25-26H,10-12H2,1-2H3. The van der Waals surface area contributed by atoms with Crippen LogP contribution in [-0.4, -0.2) is 17.8 Å². The van der Waals surface area contributed by atoms with E-state index in [0.29, 0.717) is 11.1 Å². The Morgan fingerprint density at radius 2 is 1.85 bits per heavy atom. The van der Waals surface area contributed by atoms with Crippen molar-refractivity contribution in [2.75, 3.05) is 6.61 Å². The van der Waals surface area contributed by atoms with Crippen LogP contribution in [-0.2, 0) is 19.3 Å². The lowest BCUT2D eigenvalue weighted by Crippen LogP contribution is -2.36. The first-order valence-electron chi connectivity index (χ1n) is 8.62. The summed E-state index contributed by atoms with van der Waals surface area (Å²) < 4.78 is 57.8. The molecule has 148 valence electrons. The van der Waals surface area contributed by atoms with Gasteiger partial charge in [-0.05, 0) is 29.7 Å². The van der Waals surface area contributed by atoms with Crippen LogP contribution in [0.3, 0.4) is 0 Å². The fourth-order valence-corrected chi connectivity index (χ4v) is 2.52. The Morgan fingerprint density at radius 1 is 1.11 bits per heavy atom. The third-order valence-electron chi connectivity index (χ3n) is 4.24.